The average Bonchev–Trinajstić information content (AvgIpc) is 2.78. The Labute approximate surface area is 103 Å². The minimum Gasteiger partial charge on any atom is -0.478 e. The molecule has 0 amide bonds. The van der Waals surface area contributed by atoms with Crippen molar-refractivity contribution in [1.82, 2.24) is 14.8 Å². The minimum atomic E-state index is -1.33. The maximum absolute atomic E-state index is 13.9. The van der Waals surface area contributed by atoms with Gasteiger partial charge in [-0.2, -0.15) is 5.10 Å². The predicted molar refractivity (Wildman–Crippen MR) is 62.4 cm³/mol. The number of aromatic nitrogens is 3. The van der Waals surface area contributed by atoms with Gasteiger partial charge in [0.25, 0.3) is 0 Å². The number of hydrogen-bond acceptors (Lipinski definition) is 3. The molecule has 0 aliphatic carbocycles. The summed E-state index contributed by atoms with van der Waals surface area (Å²) in [5.41, 5.74) is 0.374. The molecule has 0 fully saturated rings. The number of carboxylic acids is 1. The molecule has 0 aliphatic rings. The standard InChI is InChI=1S/C12H12FN3O2/c1-7(2)9-4-6-16(15-9)11-10(13)8(12(17)18)3-5-14-11/h3-7H,1-2H3,(H,17,18). The number of halogens is 1. The third-order valence-corrected chi connectivity index (χ3v) is 2.52. The van der Waals surface area contributed by atoms with Gasteiger partial charge < -0.3 is 5.11 Å². The van der Waals surface area contributed by atoms with Gasteiger partial charge in [-0.3, -0.25) is 0 Å². The quantitative estimate of drug-likeness (QED) is 0.905. The largest absolute Gasteiger partial charge is 0.478 e. The van der Waals surface area contributed by atoms with Crippen molar-refractivity contribution in [2.75, 3.05) is 0 Å². The fraction of sp³-hybridized carbons (Fsp3) is 0.250. The number of hydrogen-bond donors (Lipinski definition) is 1. The molecule has 0 unspecified atom stereocenters. The highest BCUT2D eigenvalue weighted by molar-refractivity contribution is 5.88. The Morgan fingerprint density at radius 1 is 1.44 bits per heavy atom. The first-order chi connectivity index (χ1) is 8.50. The lowest BCUT2D eigenvalue weighted by atomic mass is 10.1. The SMILES string of the molecule is CC(C)c1ccn(-c2nccc(C(=O)O)c2F)n1. The smallest absolute Gasteiger partial charge is 0.338 e. The highest BCUT2D eigenvalue weighted by Crippen LogP contribution is 2.17. The Hall–Kier alpha value is -2.24. The van der Waals surface area contributed by atoms with Crippen molar-refractivity contribution in [2.45, 2.75) is 19.8 Å². The van der Waals surface area contributed by atoms with Gasteiger partial charge in [0.15, 0.2) is 11.6 Å². The molecule has 2 rings (SSSR count). The van der Waals surface area contributed by atoms with Crippen LogP contribution in [-0.2, 0) is 0 Å². The minimum absolute atomic E-state index is 0.109. The first-order valence-electron chi connectivity index (χ1n) is 5.44. The van der Waals surface area contributed by atoms with Crippen LogP contribution in [0.15, 0.2) is 24.5 Å². The number of carbonyl (C=O) groups is 1. The highest BCUT2D eigenvalue weighted by atomic mass is 19.1. The molecule has 1 N–H and O–H groups in total. The van der Waals surface area contributed by atoms with Crippen molar-refractivity contribution in [2.24, 2.45) is 0 Å². The van der Waals surface area contributed by atoms with E-state index in [-0.39, 0.29) is 11.7 Å². The van der Waals surface area contributed by atoms with E-state index in [9.17, 15) is 9.18 Å². The maximum atomic E-state index is 13.9. The normalized spacial score (nSPS) is 10.9. The average molecular weight is 249 g/mol. The van der Waals surface area contributed by atoms with Crippen LogP contribution in [-0.4, -0.2) is 25.8 Å². The van der Waals surface area contributed by atoms with Crippen molar-refractivity contribution in [3.05, 3.63) is 41.6 Å². The van der Waals surface area contributed by atoms with Crippen LogP contribution in [0.25, 0.3) is 5.82 Å². The van der Waals surface area contributed by atoms with Gasteiger partial charge in [-0.25, -0.2) is 18.9 Å². The Balaban J connectivity index is 2.50. The molecular weight excluding hydrogens is 237 g/mol. The summed E-state index contributed by atoms with van der Waals surface area (Å²) in [5, 5.41) is 13.0. The highest BCUT2D eigenvalue weighted by Gasteiger charge is 2.17. The lowest BCUT2D eigenvalue weighted by Gasteiger charge is -2.04. The van der Waals surface area contributed by atoms with Gasteiger partial charge in [0, 0.05) is 12.4 Å². The monoisotopic (exact) mass is 249 g/mol. The van der Waals surface area contributed by atoms with Crippen molar-refractivity contribution in [1.29, 1.82) is 0 Å². The van der Waals surface area contributed by atoms with E-state index in [4.69, 9.17) is 5.11 Å². The molecule has 0 aliphatic heterocycles. The molecule has 0 radical (unpaired) electrons. The number of aromatic carboxylic acids is 1. The zero-order valence-corrected chi connectivity index (χ0v) is 9.96. The lowest BCUT2D eigenvalue weighted by molar-refractivity contribution is 0.0691. The summed E-state index contributed by atoms with van der Waals surface area (Å²) in [6, 6.07) is 2.87. The van der Waals surface area contributed by atoms with Crippen LogP contribution < -0.4 is 0 Å². The van der Waals surface area contributed by atoms with Gasteiger partial charge in [-0.1, -0.05) is 13.8 Å². The Kier molecular flexibility index (Phi) is 3.10. The molecule has 0 atom stereocenters. The molecule has 0 saturated carbocycles. The zero-order chi connectivity index (χ0) is 13.3. The summed E-state index contributed by atoms with van der Waals surface area (Å²) in [6.07, 6.45) is 2.81. The summed E-state index contributed by atoms with van der Waals surface area (Å²) in [6.45, 7) is 3.92. The van der Waals surface area contributed by atoms with E-state index in [1.54, 1.807) is 12.3 Å². The Morgan fingerprint density at radius 3 is 2.72 bits per heavy atom. The summed E-state index contributed by atoms with van der Waals surface area (Å²) in [7, 11) is 0. The van der Waals surface area contributed by atoms with Crippen molar-refractivity contribution in [3.63, 3.8) is 0 Å². The fourth-order valence-electron chi connectivity index (χ4n) is 1.52. The third-order valence-electron chi connectivity index (χ3n) is 2.52. The van der Waals surface area contributed by atoms with E-state index in [1.807, 2.05) is 13.8 Å². The van der Waals surface area contributed by atoms with Crippen LogP contribution in [0.5, 0.6) is 0 Å². The number of nitrogens with zero attached hydrogens (tertiary/aromatic N) is 3. The van der Waals surface area contributed by atoms with Gasteiger partial charge in [0.05, 0.1) is 5.69 Å². The van der Waals surface area contributed by atoms with E-state index >= 15 is 0 Å². The molecular formula is C12H12FN3O2. The van der Waals surface area contributed by atoms with Crippen molar-refractivity contribution in [3.8, 4) is 5.82 Å². The Morgan fingerprint density at radius 2 is 2.17 bits per heavy atom. The molecule has 0 aromatic carbocycles. The maximum Gasteiger partial charge on any atom is 0.338 e. The number of pyridine rings is 1. The molecule has 2 heterocycles. The van der Waals surface area contributed by atoms with E-state index in [0.717, 1.165) is 11.8 Å². The van der Waals surface area contributed by atoms with Crippen LogP contribution >= 0.6 is 0 Å². The van der Waals surface area contributed by atoms with Crippen LogP contribution in [0.4, 0.5) is 4.39 Å². The van der Waals surface area contributed by atoms with Crippen LogP contribution in [0.3, 0.4) is 0 Å². The van der Waals surface area contributed by atoms with Gasteiger partial charge in [0.1, 0.15) is 5.56 Å². The summed E-state index contributed by atoms with van der Waals surface area (Å²) < 4.78 is 15.2. The summed E-state index contributed by atoms with van der Waals surface area (Å²) in [4.78, 5) is 14.6. The first-order valence-corrected chi connectivity index (χ1v) is 5.44. The van der Waals surface area contributed by atoms with Crippen molar-refractivity contribution >= 4 is 5.97 Å². The van der Waals surface area contributed by atoms with Gasteiger partial charge in [-0.05, 0) is 18.1 Å². The molecule has 2 aromatic rings. The molecule has 0 bridgehead atoms. The molecule has 5 nitrogen and oxygen atoms in total. The van der Waals surface area contributed by atoms with E-state index in [1.165, 1.54) is 10.9 Å². The van der Waals surface area contributed by atoms with E-state index in [0.29, 0.717) is 0 Å². The Bertz CT molecular complexity index is 593. The fourth-order valence-corrected chi connectivity index (χ4v) is 1.52. The van der Waals surface area contributed by atoms with Crippen LogP contribution in [0, 0.1) is 5.82 Å². The van der Waals surface area contributed by atoms with E-state index < -0.39 is 17.3 Å². The van der Waals surface area contributed by atoms with Gasteiger partial charge >= 0.3 is 5.97 Å². The second kappa shape index (κ2) is 4.56. The van der Waals surface area contributed by atoms with E-state index in [2.05, 4.69) is 10.1 Å². The molecule has 0 spiro atoms. The molecule has 2 aromatic heterocycles. The topological polar surface area (TPSA) is 68.0 Å². The lowest BCUT2D eigenvalue weighted by Crippen LogP contribution is -2.08. The first kappa shape index (κ1) is 12.2. The molecule has 0 saturated heterocycles. The molecule has 18 heavy (non-hydrogen) atoms. The predicted octanol–water partition coefficient (Wildman–Crippen LogP) is 2.23. The summed E-state index contributed by atoms with van der Waals surface area (Å²) in [5.74, 6) is -2.12. The van der Waals surface area contributed by atoms with Gasteiger partial charge in [-0.15, -0.1) is 0 Å². The summed E-state index contributed by atoms with van der Waals surface area (Å²) >= 11 is 0. The number of rotatable bonds is 3. The zero-order valence-electron chi connectivity index (χ0n) is 9.96. The van der Waals surface area contributed by atoms with Gasteiger partial charge in [0.2, 0.25) is 0 Å². The van der Waals surface area contributed by atoms with Crippen molar-refractivity contribution < 1.29 is 14.3 Å². The number of carboxylic acid groups (broad SMARTS) is 1. The van der Waals surface area contributed by atoms with Crippen LogP contribution in [0.1, 0.15) is 35.8 Å². The third kappa shape index (κ3) is 2.09. The second-order valence-electron chi connectivity index (χ2n) is 4.14. The molecule has 6 heteroatoms. The second-order valence-corrected chi connectivity index (χ2v) is 4.14. The van der Waals surface area contributed by atoms with Crippen LogP contribution in [0.2, 0.25) is 0 Å². The molecule has 94 valence electrons.